The molecule has 0 radical (unpaired) electrons. The molecule has 100 valence electrons. The summed E-state index contributed by atoms with van der Waals surface area (Å²) in [6.07, 6.45) is 11.2. The highest BCUT2D eigenvalue weighted by Crippen LogP contribution is 2.17. The van der Waals surface area contributed by atoms with Gasteiger partial charge in [0.25, 0.3) is 0 Å². The van der Waals surface area contributed by atoms with E-state index >= 15 is 0 Å². The van der Waals surface area contributed by atoms with Crippen molar-refractivity contribution in [2.45, 2.75) is 73.6 Å². The summed E-state index contributed by atoms with van der Waals surface area (Å²) >= 11 is 0. The van der Waals surface area contributed by atoms with Gasteiger partial charge in [0.1, 0.15) is 0 Å². The first kappa shape index (κ1) is 16.5. The van der Waals surface area contributed by atoms with Crippen LogP contribution in [0.3, 0.4) is 0 Å². The quantitative estimate of drug-likeness (QED) is 0.444. The highest BCUT2D eigenvalue weighted by molar-refractivity contribution is 5.22. The van der Waals surface area contributed by atoms with E-state index in [1.54, 1.807) is 0 Å². The lowest BCUT2D eigenvalue weighted by molar-refractivity contribution is 0.459. The van der Waals surface area contributed by atoms with Crippen LogP contribution >= 0.6 is 0 Å². The number of allylic oxidation sites excluding steroid dienone is 4. The standard InChI is InChI=1S/C17H32/c1-7-9-16(5)17(6)13-12-15(4)11-10-14(3)8-2/h12-15H,7-11H2,1-6H3. The highest BCUT2D eigenvalue weighted by Gasteiger charge is 2.02. The van der Waals surface area contributed by atoms with Crippen molar-refractivity contribution in [2.75, 3.05) is 0 Å². The Morgan fingerprint density at radius 2 is 1.71 bits per heavy atom. The molecule has 0 heteroatoms. The summed E-state index contributed by atoms with van der Waals surface area (Å²) in [5.74, 6) is 1.60. The zero-order valence-corrected chi connectivity index (χ0v) is 12.8. The van der Waals surface area contributed by atoms with Gasteiger partial charge in [0.15, 0.2) is 0 Å². The summed E-state index contributed by atoms with van der Waals surface area (Å²) < 4.78 is 0. The van der Waals surface area contributed by atoms with E-state index in [0.29, 0.717) is 5.92 Å². The lowest BCUT2D eigenvalue weighted by Crippen LogP contribution is -1.97. The topological polar surface area (TPSA) is 0 Å². The molecule has 0 aromatic heterocycles. The maximum Gasteiger partial charge on any atom is -0.0259 e. The molecule has 0 saturated carbocycles. The van der Waals surface area contributed by atoms with E-state index in [4.69, 9.17) is 0 Å². The molecule has 0 N–H and O–H groups in total. The zero-order valence-electron chi connectivity index (χ0n) is 12.8. The van der Waals surface area contributed by atoms with E-state index in [-0.39, 0.29) is 0 Å². The van der Waals surface area contributed by atoms with Crippen molar-refractivity contribution in [3.8, 4) is 0 Å². The van der Waals surface area contributed by atoms with Crippen LogP contribution in [0.5, 0.6) is 0 Å². The van der Waals surface area contributed by atoms with E-state index in [0.717, 1.165) is 5.92 Å². The Morgan fingerprint density at radius 1 is 1.06 bits per heavy atom. The molecule has 0 aliphatic carbocycles. The predicted octanol–water partition coefficient (Wildman–Crippen LogP) is 6.14. The molecule has 0 aliphatic rings. The second-order valence-electron chi connectivity index (χ2n) is 5.64. The minimum Gasteiger partial charge on any atom is -0.0814 e. The van der Waals surface area contributed by atoms with Gasteiger partial charge in [-0.2, -0.15) is 0 Å². The van der Waals surface area contributed by atoms with Gasteiger partial charge in [-0.05, 0) is 38.5 Å². The van der Waals surface area contributed by atoms with Crippen molar-refractivity contribution in [3.05, 3.63) is 23.3 Å². The van der Waals surface area contributed by atoms with Gasteiger partial charge in [-0.3, -0.25) is 0 Å². The molecule has 0 fully saturated rings. The molecule has 0 aromatic rings. The minimum atomic E-state index is 0.716. The number of hydrogen-bond acceptors (Lipinski definition) is 0. The number of hydrogen-bond donors (Lipinski definition) is 0. The first-order valence-corrected chi connectivity index (χ1v) is 7.35. The molecule has 0 aliphatic heterocycles. The average molecular weight is 236 g/mol. The Labute approximate surface area is 109 Å². The summed E-state index contributed by atoms with van der Waals surface area (Å²) in [6, 6.07) is 0. The monoisotopic (exact) mass is 236 g/mol. The van der Waals surface area contributed by atoms with Gasteiger partial charge in [-0.1, -0.05) is 70.3 Å². The summed E-state index contributed by atoms with van der Waals surface area (Å²) in [5.41, 5.74) is 3.00. The van der Waals surface area contributed by atoms with E-state index in [9.17, 15) is 0 Å². The Morgan fingerprint density at radius 3 is 2.24 bits per heavy atom. The second kappa shape index (κ2) is 9.50. The van der Waals surface area contributed by atoms with Gasteiger partial charge in [0, 0.05) is 0 Å². The van der Waals surface area contributed by atoms with Crippen molar-refractivity contribution in [1.82, 2.24) is 0 Å². The van der Waals surface area contributed by atoms with Crippen molar-refractivity contribution < 1.29 is 0 Å². The van der Waals surface area contributed by atoms with E-state index in [2.05, 4.69) is 53.7 Å². The van der Waals surface area contributed by atoms with Crippen LogP contribution in [0, 0.1) is 11.8 Å². The molecule has 0 bridgehead atoms. The number of rotatable bonds is 8. The fraction of sp³-hybridized carbons (Fsp3) is 0.765. The van der Waals surface area contributed by atoms with Crippen LogP contribution in [-0.4, -0.2) is 0 Å². The van der Waals surface area contributed by atoms with Crippen LogP contribution in [0.1, 0.15) is 73.6 Å². The zero-order chi connectivity index (χ0) is 13.3. The Kier molecular flexibility index (Phi) is 9.21. The Balaban J connectivity index is 4.10. The first-order valence-electron chi connectivity index (χ1n) is 7.35. The summed E-state index contributed by atoms with van der Waals surface area (Å²) in [4.78, 5) is 0. The second-order valence-corrected chi connectivity index (χ2v) is 5.64. The molecule has 0 rings (SSSR count). The lowest BCUT2D eigenvalue weighted by Gasteiger charge is -2.11. The minimum absolute atomic E-state index is 0.716. The van der Waals surface area contributed by atoms with Gasteiger partial charge in [-0.25, -0.2) is 0 Å². The van der Waals surface area contributed by atoms with Crippen molar-refractivity contribution in [3.63, 3.8) is 0 Å². The molecule has 17 heavy (non-hydrogen) atoms. The third-order valence-electron chi connectivity index (χ3n) is 3.78. The largest absolute Gasteiger partial charge is 0.0814 e. The van der Waals surface area contributed by atoms with Gasteiger partial charge < -0.3 is 0 Å². The smallest absolute Gasteiger partial charge is 0.0259 e. The van der Waals surface area contributed by atoms with Gasteiger partial charge in [0.05, 0.1) is 0 Å². The first-order chi connectivity index (χ1) is 8.01. The molecular formula is C17H32. The SMILES string of the molecule is CCCC(C)=C(C)C=CC(C)CCC(C)CC. The summed E-state index contributed by atoms with van der Waals surface area (Å²) in [5, 5.41) is 0. The summed E-state index contributed by atoms with van der Waals surface area (Å²) in [6.45, 7) is 13.7. The van der Waals surface area contributed by atoms with E-state index in [1.165, 1.54) is 43.3 Å². The lowest BCUT2D eigenvalue weighted by atomic mass is 9.95. The van der Waals surface area contributed by atoms with Crippen LogP contribution in [0.2, 0.25) is 0 Å². The molecule has 0 nitrogen and oxygen atoms in total. The van der Waals surface area contributed by atoms with Gasteiger partial charge in [-0.15, -0.1) is 0 Å². The molecule has 2 unspecified atom stereocenters. The van der Waals surface area contributed by atoms with Crippen LogP contribution in [-0.2, 0) is 0 Å². The van der Waals surface area contributed by atoms with Crippen LogP contribution in [0.15, 0.2) is 23.3 Å². The maximum atomic E-state index is 2.39. The molecule has 0 amide bonds. The molecule has 0 spiro atoms. The van der Waals surface area contributed by atoms with Crippen LogP contribution < -0.4 is 0 Å². The van der Waals surface area contributed by atoms with E-state index < -0.39 is 0 Å². The summed E-state index contributed by atoms with van der Waals surface area (Å²) in [7, 11) is 0. The fourth-order valence-electron chi connectivity index (χ4n) is 1.87. The van der Waals surface area contributed by atoms with Crippen molar-refractivity contribution in [1.29, 1.82) is 0 Å². The van der Waals surface area contributed by atoms with Gasteiger partial charge >= 0.3 is 0 Å². The molecule has 0 heterocycles. The molecular weight excluding hydrogens is 204 g/mol. The molecule has 0 saturated heterocycles. The Bertz CT molecular complexity index is 245. The maximum absolute atomic E-state index is 2.39. The van der Waals surface area contributed by atoms with Crippen LogP contribution in [0.25, 0.3) is 0 Å². The van der Waals surface area contributed by atoms with Crippen LogP contribution in [0.4, 0.5) is 0 Å². The normalized spacial score (nSPS) is 17.1. The van der Waals surface area contributed by atoms with Gasteiger partial charge in [0.2, 0.25) is 0 Å². The highest BCUT2D eigenvalue weighted by atomic mass is 14.1. The Hall–Kier alpha value is -0.520. The van der Waals surface area contributed by atoms with E-state index in [1.807, 2.05) is 0 Å². The third-order valence-corrected chi connectivity index (χ3v) is 3.78. The van der Waals surface area contributed by atoms with Crippen molar-refractivity contribution >= 4 is 0 Å². The molecule has 0 aromatic carbocycles. The average Bonchev–Trinajstić information content (AvgIpc) is 2.32. The molecule has 2 atom stereocenters. The fourth-order valence-corrected chi connectivity index (χ4v) is 1.87. The predicted molar refractivity (Wildman–Crippen MR) is 80.3 cm³/mol. The third kappa shape index (κ3) is 8.24. The van der Waals surface area contributed by atoms with Crippen molar-refractivity contribution in [2.24, 2.45) is 11.8 Å².